The lowest BCUT2D eigenvalue weighted by Gasteiger charge is -2.22. The first-order valence-corrected chi connectivity index (χ1v) is 11.6. The molecule has 0 aliphatic carbocycles. The molecule has 8 heteroatoms. The van der Waals surface area contributed by atoms with Gasteiger partial charge in [-0.25, -0.2) is 8.78 Å². The lowest BCUT2D eigenvalue weighted by atomic mass is 9.93. The number of benzene rings is 3. The van der Waals surface area contributed by atoms with Gasteiger partial charge in [0.25, 0.3) is 11.8 Å². The summed E-state index contributed by atoms with van der Waals surface area (Å²) in [5.74, 6) is -5.14. The van der Waals surface area contributed by atoms with Gasteiger partial charge in [-0.05, 0) is 67.1 Å². The molecule has 2 atom stereocenters. The van der Waals surface area contributed by atoms with Gasteiger partial charge in [0.1, 0.15) is 0 Å². The molecule has 36 heavy (non-hydrogen) atoms. The van der Waals surface area contributed by atoms with Gasteiger partial charge in [0.15, 0.2) is 11.6 Å². The van der Waals surface area contributed by atoms with Crippen molar-refractivity contribution in [3.8, 4) is 11.1 Å². The van der Waals surface area contributed by atoms with E-state index in [1.807, 2.05) is 6.92 Å². The molecule has 0 radical (unpaired) electrons. The van der Waals surface area contributed by atoms with Crippen molar-refractivity contribution < 1.29 is 33.4 Å². The second-order valence-electron chi connectivity index (χ2n) is 8.98. The van der Waals surface area contributed by atoms with Crippen molar-refractivity contribution in [1.29, 1.82) is 0 Å². The minimum atomic E-state index is -1.20. The smallest absolute Gasteiger partial charge is 0.309 e. The van der Waals surface area contributed by atoms with Crippen LogP contribution in [0.25, 0.3) is 11.1 Å². The van der Waals surface area contributed by atoms with E-state index in [1.165, 1.54) is 6.07 Å². The highest BCUT2D eigenvalue weighted by molar-refractivity contribution is 6.21. The van der Waals surface area contributed by atoms with Crippen LogP contribution in [0, 0.1) is 24.5 Å². The predicted octanol–water partition coefficient (Wildman–Crippen LogP) is 4.62. The van der Waals surface area contributed by atoms with E-state index in [2.05, 4.69) is 0 Å². The van der Waals surface area contributed by atoms with Crippen LogP contribution in [0.3, 0.4) is 0 Å². The van der Waals surface area contributed by atoms with Gasteiger partial charge >= 0.3 is 5.97 Å². The molecule has 3 aromatic carbocycles. The van der Waals surface area contributed by atoms with Crippen LogP contribution >= 0.6 is 0 Å². The van der Waals surface area contributed by atoms with Crippen LogP contribution in [0.4, 0.5) is 8.78 Å². The van der Waals surface area contributed by atoms with Crippen molar-refractivity contribution in [2.75, 3.05) is 6.54 Å². The average Bonchev–Trinajstić information content (AvgIpc) is 3.08. The van der Waals surface area contributed by atoms with Crippen molar-refractivity contribution in [3.05, 3.63) is 94.6 Å². The number of aryl methyl sites for hydroxylation is 2. The summed E-state index contributed by atoms with van der Waals surface area (Å²) < 4.78 is 26.7. The van der Waals surface area contributed by atoms with Crippen LogP contribution < -0.4 is 0 Å². The topological polar surface area (TPSA) is 94.9 Å². The Hall–Kier alpha value is -3.91. The fourth-order valence-electron chi connectivity index (χ4n) is 4.41. The van der Waals surface area contributed by atoms with Crippen LogP contribution in [0.2, 0.25) is 0 Å². The number of halogens is 2. The summed E-state index contributed by atoms with van der Waals surface area (Å²) in [7, 11) is 0. The summed E-state index contributed by atoms with van der Waals surface area (Å²) in [6.45, 7) is 1.70. The first kappa shape index (κ1) is 25.2. The Morgan fingerprint density at radius 1 is 0.861 bits per heavy atom. The largest absolute Gasteiger partial charge is 0.481 e. The van der Waals surface area contributed by atoms with Gasteiger partial charge in [-0.1, -0.05) is 42.0 Å². The van der Waals surface area contributed by atoms with Gasteiger partial charge in [-0.3, -0.25) is 19.3 Å². The molecule has 1 aliphatic rings. The summed E-state index contributed by atoms with van der Waals surface area (Å²) in [6, 6.07) is 15.7. The first-order chi connectivity index (χ1) is 17.2. The Labute approximate surface area is 206 Å². The standard InChI is InChI=1S/C28H25F2NO5/c1-16-2-9-20-22(14-16)27(34)31(26(20)33)13-12-21(28(35)36)25(32)11-5-17-3-6-18(7-4-17)19-8-10-23(29)24(30)15-19/h2-4,6-10,14-15,21,25,32H,5,11-13H2,1H3,(H,35,36). The number of aliphatic hydroxyl groups excluding tert-OH is 1. The van der Waals surface area contributed by atoms with Gasteiger partial charge in [0.05, 0.1) is 23.1 Å². The number of carbonyl (C=O) groups is 3. The minimum absolute atomic E-state index is 0.0734. The highest BCUT2D eigenvalue weighted by Crippen LogP contribution is 2.26. The molecule has 0 aromatic heterocycles. The Morgan fingerprint density at radius 3 is 2.19 bits per heavy atom. The van der Waals surface area contributed by atoms with E-state index in [0.29, 0.717) is 28.7 Å². The number of imide groups is 1. The molecule has 2 N–H and O–H groups in total. The summed E-state index contributed by atoms with van der Waals surface area (Å²) in [6.07, 6.45) is -0.723. The van der Waals surface area contributed by atoms with Gasteiger partial charge in [-0.2, -0.15) is 0 Å². The lowest BCUT2D eigenvalue weighted by molar-refractivity contribution is -0.146. The Balaban J connectivity index is 1.35. The third kappa shape index (κ3) is 5.18. The normalized spacial score (nSPS) is 14.6. The number of nitrogens with zero attached hydrogens (tertiary/aromatic N) is 1. The number of carbonyl (C=O) groups excluding carboxylic acids is 2. The number of carboxylic acids is 1. The van der Waals surface area contributed by atoms with Crippen molar-refractivity contribution in [1.82, 2.24) is 4.90 Å². The number of fused-ring (bicyclic) bond motifs is 1. The quantitative estimate of drug-likeness (QED) is 0.424. The Kier molecular flexibility index (Phi) is 7.26. The molecule has 3 aromatic rings. The van der Waals surface area contributed by atoms with Crippen molar-refractivity contribution in [3.63, 3.8) is 0 Å². The summed E-state index contributed by atoms with van der Waals surface area (Å²) in [5.41, 5.74) is 3.49. The molecular formula is C28H25F2NO5. The maximum atomic E-state index is 13.5. The molecule has 0 fully saturated rings. The van der Waals surface area contributed by atoms with E-state index < -0.39 is 41.4 Å². The molecule has 0 saturated carbocycles. The SMILES string of the molecule is Cc1ccc2c(c1)C(=O)N(CCC(C(=O)O)C(O)CCc1ccc(-c3ccc(F)c(F)c3)cc1)C2=O. The predicted molar refractivity (Wildman–Crippen MR) is 128 cm³/mol. The van der Waals surface area contributed by atoms with Crippen molar-refractivity contribution in [2.24, 2.45) is 5.92 Å². The molecular weight excluding hydrogens is 468 g/mol. The van der Waals surface area contributed by atoms with Crippen LogP contribution in [0.5, 0.6) is 0 Å². The second-order valence-corrected chi connectivity index (χ2v) is 8.98. The number of rotatable bonds is 9. The molecule has 186 valence electrons. The fraction of sp³-hybridized carbons (Fsp3) is 0.250. The summed E-state index contributed by atoms with van der Waals surface area (Å²) in [4.78, 5) is 38.1. The van der Waals surface area contributed by atoms with E-state index >= 15 is 0 Å². The first-order valence-electron chi connectivity index (χ1n) is 11.6. The van der Waals surface area contributed by atoms with Gasteiger partial charge in [-0.15, -0.1) is 0 Å². The highest BCUT2D eigenvalue weighted by Gasteiger charge is 2.37. The number of aliphatic carboxylic acids is 1. The van der Waals surface area contributed by atoms with E-state index in [0.717, 1.165) is 28.2 Å². The van der Waals surface area contributed by atoms with E-state index in [9.17, 15) is 33.4 Å². The average molecular weight is 494 g/mol. The van der Waals surface area contributed by atoms with E-state index in [-0.39, 0.29) is 19.4 Å². The molecule has 6 nitrogen and oxygen atoms in total. The molecule has 1 heterocycles. The van der Waals surface area contributed by atoms with Crippen LogP contribution in [0.15, 0.2) is 60.7 Å². The number of aliphatic hydroxyl groups is 1. The molecule has 1 aliphatic heterocycles. The Morgan fingerprint density at radius 2 is 1.53 bits per heavy atom. The van der Waals surface area contributed by atoms with Crippen LogP contribution in [0.1, 0.15) is 44.7 Å². The Bertz CT molecular complexity index is 1320. The second kappa shape index (κ2) is 10.4. The molecule has 2 unspecified atom stereocenters. The van der Waals surface area contributed by atoms with Gasteiger partial charge in [0, 0.05) is 6.54 Å². The number of hydrogen-bond acceptors (Lipinski definition) is 4. The zero-order valence-corrected chi connectivity index (χ0v) is 19.6. The maximum Gasteiger partial charge on any atom is 0.309 e. The van der Waals surface area contributed by atoms with Gasteiger partial charge < -0.3 is 10.2 Å². The minimum Gasteiger partial charge on any atom is -0.481 e. The highest BCUT2D eigenvalue weighted by atomic mass is 19.2. The molecule has 0 bridgehead atoms. The summed E-state index contributed by atoms with van der Waals surface area (Å²) >= 11 is 0. The molecule has 0 saturated heterocycles. The number of carboxylic acid groups (broad SMARTS) is 1. The summed E-state index contributed by atoms with van der Waals surface area (Å²) in [5, 5.41) is 20.3. The van der Waals surface area contributed by atoms with E-state index in [4.69, 9.17) is 0 Å². The number of amides is 2. The van der Waals surface area contributed by atoms with Crippen LogP contribution in [-0.4, -0.2) is 45.5 Å². The third-order valence-corrected chi connectivity index (χ3v) is 6.51. The maximum absolute atomic E-state index is 13.5. The monoisotopic (exact) mass is 493 g/mol. The van der Waals surface area contributed by atoms with Gasteiger partial charge in [0.2, 0.25) is 0 Å². The molecule has 2 amide bonds. The van der Waals surface area contributed by atoms with E-state index in [1.54, 1.807) is 42.5 Å². The lowest BCUT2D eigenvalue weighted by Crippen LogP contribution is -2.36. The fourth-order valence-corrected chi connectivity index (χ4v) is 4.41. The zero-order chi connectivity index (χ0) is 26.0. The third-order valence-electron chi connectivity index (χ3n) is 6.51. The van der Waals surface area contributed by atoms with Crippen LogP contribution in [-0.2, 0) is 11.2 Å². The van der Waals surface area contributed by atoms with Crippen molar-refractivity contribution >= 4 is 17.8 Å². The zero-order valence-electron chi connectivity index (χ0n) is 19.6. The van der Waals surface area contributed by atoms with Crippen molar-refractivity contribution in [2.45, 2.75) is 32.3 Å². The molecule has 0 spiro atoms. The number of hydrogen-bond donors (Lipinski definition) is 2. The molecule has 4 rings (SSSR count).